The molecule has 82 valence electrons. The van der Waals surface area contributed by atoms with Crippen LogP contribution in [0.3, 0.4) is 0 Å². The van der Waals surface area contributed by atoms with E-state index in [4.69, 9.17) is 17.3 Å². The summed E-state index contributed by atoms with van der Waals surface area (Å²) in [4.78, 5) is 15.5. The monoisotopic (exact) mass is 255 g/mol. The molecule has 0 saturated carbocycles. The highest BCUT2D eigenvalue weighted by atomic mass is 35.5. The smallest absolute Gasteiger partial charge is 0.258 e. The fourth-order valence-electron chi connectivity index (χ4n) is 1.03. The fourth-order valence-corrected chi connectivity index (χ4v) is 1.63. The summed E-state index contributed by atoms with van der Waals surface area (Å²) in [5.41, 5.74) is 5.73. The maximum absolute atomic E-state index is 11.8. The lowest BCUT2D eigenvalue weighted by atomic mass is 10.2. The van der Waals surface area contributed by atoms with Gasteiger partial charge in [0, 0.05) is 17.7 Å². The van der Waals surface area contributed by atoms with Crippen molar-refractivity contribution in [3.63, 3.8) is 0 Å². The van der Waals surface area contributed by atoms with Crippen LogP contribution in [0.2, 0.25) is 5.02 Å². The maximum atomic E-state index is 11.8. The first-order valence-corrected chi connectivity index (χ1v) is 5.31. The molecule has 0 aliphatic rings. The van der Waals surface area contributed by atoms with Gasteiger partial charge in [-0.2, -0.15) is 0 Å². The summed E-state index contributed by atoms with van der Waals surface area (Å²) in [7, 11) is 0. The van der Waals surface area contributed by atoms with E-state index in [-0.39, 0.29) is 22.3 Å². The summed E-state index contributed by atoms with van der Waals surface area (Å²) in [6, 6.07) is 1.41. The van der Waals surface area contributed by atoms with Crippen LogP contribution in [0, 0.1) is 0 Å². The first kappa shape index (κ1) is 10.8. The summed E-state index contributed by atoms with van der Waals surface area (Å²) < 4.78 is 3.62. The van der Waals surface area contributed by atoms with Crippen LogP contribution in [-0.4, -0.2) is 20.5 Å². The number of nitrogens with zero attached hydrogens (tertiary/aromatic N) is 3. The number of nitrogens with two attached hydrogens (primary N) is 1. The second-order valence-electron chi connectivity index (χ2n) is 2.82. The molecule has 16 heavy (non-hydrogen) atoms. The standard InChI is InChI=1S/C8H6ClN5OS/c9-5-2-11-6(10)1-4(5)8(15)13-7-3-12-14-16-7/h1-3H,(H2,10,11)(H,13,15). The Hall–Kier alpha value is -1.73. The third-order valence-electron chi connectivity index (χ3n) is 1.72. The van der Waals surface area contributed by atoms with E-state index in [1.807, 2.05) is 0 Å². The topological polar surface area (TPSA) is 93.8 Å². The van der Waals surface area contributed by atoms with Gasteiger partial charge in [0.2, 0.25) is 0 Å². The van der Waals surface area contributed by atoms with Crippen molar-refractivity contribution >= 4 is 39.9 Å². The summed E-state index contributed by atoms with van der Waals surface area (Å²) in [6.45, 7) is 0. The molecule has 0 atom stereocenters. The van der Waals surface area contributed by atoms with Gasteiger partial charge in [-0.05, 0) is 6.07 Å². The number of pyridine rings is 1. The van der Waals surface area contributed by atoms with Gasteiger partial charge in [-0.3, -0.25) is 4.79 Å². The highest BCUT2D eigenvalue weighted by molar-refractivity contribution is 7.10. The number of carbonyl (C=O) groups is 1. The van der Waals surface area contributed by atoms with Crippen molar-refractivity contribution in [2.24, 2.45) is 0 Å². The number of carbonyl (C=O) groups excluding carboxylic acids is 1. The van der Waals surface area contributed by atoms with E-state index in [0.717, 1.165) is 11.5 Å². The zero-order valence-electron chi connectivity index (χ0n) is 7.85. The van der Waals surface area contributed by atoms with Gasteiger partial charge >= 0.3 is 0 Å². The molecule has 0 fully saturated rings. The van der Waals surface area contributed by atoms with Gasteiger partial charge in [0.15, 0.2) is 0 Å². The molecule has 8 heteroatoms. The van der Waals surface area contributed by atoms with Crippen molar-refractivity contribution in [3.8, 4) is 0 Å². The number of nitrogen functional groups attached to an aromatic ring is 1. The van der Waals surface area contributed by atoms with Crippen LogP contribution in [0.15, 0.2) is 18.5 Å². The normalized spacial score (nSPS) is 10.1. The molecule has 2 rings (SSSR count). The lowest BCUT2D eigenvalue weighted by molar-refractivity contribution is 0.102. The van der Waals surface area contributed by atoms with E-state index in [2.05, 4.69) is 19.9 Å². The molecular formula is C8H6ClN5OS. The zero-order valence-corrected chi connectivity index (χ0v) is 9.42. The Kier molecular flexibility index (Phi) is 2.97. The summed E-state index contributed by atoms with van der Waals surface area (Å²) in [6.07, 6.45) is 2.78. The van der Waals surface area contributed by atoms with Crippen molar-refractivity contribution in [3.05, 3.63) is 29.0 Å². The Morgan fingerprint density at radius 1 is 1.50 bits per heavy atom. The van der Waals surface area contributed by atoms with E-state index in [1.54, 1.807) is 0 Å². The van der Waals surface area contributed by atoms with E-state index >= 15 is 0 Å². The molecule has 2 heterocycles. The van der Waals surface area contributed by atoms with Gasteiger partial charge in [-0.1, -0.05) is 16.1 Å². The fraction of sp³-hybridized carbons (Fsp3) is 0. The SMILES string of the molecule is Nc1cc(C(=O)Nc2cnns2)c(Cl)cn1. The molecule has 0 radical (unpaired) electrons. The molecule has 0 spiro atoms. The second-order valence-corrected chi connectivity index (χ2v) is 4.02. The van der Waals surface area contributed by atoms with E-state index in [9.17, 15) is 4.79 Å². The number of hydrogen-bond donors (Lipinski definition) is 2. The maximum Gasteiger partial charge on any atom is 0.258 e. The summed E-state index contributed by atoms with van der Waals surface area (Å²) in [5, 5.41) is 6.96. The number of aromatic nitrogens is 3. The van der Waals surface area contributed by atoms with Crippen molar-refractivity contribution in [2.75, 3.05) is 11.1 Å². The minimum atomic E-state index is -0.370. The van der Waals surface area contributed by atoms with Gasteiger partial charge < -0.3 is 11.1 Å². The van der Waals surface area contributed by atoms with Crippen LogP contribution < -0.4 is 11.1 Å². The Morgan fingerprint density at radius 2 is 2.31 bits per heavy atom. The quantitative estimate of drug-likeness (QED) is 0.846. The van der Waals surface area contributed by atoms with Gasteiger partial charge in [-0.15, -0.1) is 5.10 Å². The molecule has 1 amide bonds. The summed E-state index contributed by atoms with van der Waals surface area (Å²) in [5.74, 6) is -0.137. The minimum Gasteiger partial charge on any atom is -0.384 e. The number of nitrogens with one attached hydrogen (secondary N) is 1. The van der Waals surface area contributed by atoms with Crippen LogP contribution in [0.5, 0.6) is 0 Å². The molecule has 2 aromatic rings. The molecule has 0 aliphatic carbocycles. The van der Waals surface area contributed by atoms with E-state index < -0.39 is 0 Å². The number of halogens is 1. The molecule has 0 bridgehead atoms. The van der Waals surface area contributed by atoms with Gasteiger partial charge in [0.1, 0.15) is 10.8 Å². The third kappa shape index (κ3) is 2.26. The molecule has 0 saturated heterocycles. The lowest BCUT2D eigenvalue weighted by Gasteiger charge is -2.04. The Balaban J connectivity index is 2.24. The van der Waals surface area contributed by atoms with Crippen molar-refractivity contribution in [2.45, 2.75) is 0 Å². The van der Waals surface area contributed by atoms with Gasteiger partial charge in [0.05, 0.1) is 16.8 Å². The molecule has 3 N–H and O–H groups in total. The van der Waals surface area contributed by atoms with E-state index in [1.165, 1.54) is 18.5 Å². The Morgan fingerprint density at radius 3 is 3.00 bits per heavy atom. The van der Waals surface area contributed by atoms with Gasteiger partial charge in [-0.25, -0.2) is 4.98 Å². The van der Waals surface area contributed by atoms with Crippen LogP contribution in [-0.2, 0) is 0 Å². The van der Waals surface area contributed by atoms with Crippen molar-refractivity contribution < 1.29 is 4.79 Å². The molecule has 6 nitrogen and oxygen atoms in total. The average Bonchev–Trinajstić information content (AvgIpc) is 2.74. The lowest BCUT2D eigenvalue weighted by Crippen LogP contribution is -2.12. The van der Waals surface area contributed by atoms with Crippen molar-refractivity contribution in [1.29, 1.82) is 0 Å². The van der Waals surface area contributed by atoms with Crippen molar-refractivity contribution in [1.82, 2.24) is 14.6 Å². The minimum absolute atomic E-state index is 0.233. The first-order valence-electron chi connectivity index (χ1n) is 4.16. The molecular weight excluding hydrogens is 250 g/mol. The highest BCUT2D eigenvalue weighted by Crippen LogP contribution is 2.19. The number of amides is 1. The zero-order chi connectivity index (χ0) is 11.5. The Labute approximate surface area is 99.6 Å². The molecule has 0 unspecified atom stereocenters. The predicted molar refractivity (Wildman–Crippen MR) is 61.5 cm³/mol. The first-order chi connectivity index (χ1) is 7.66. The Bertz CT molecular complexity index is 515. The molecule has 0 aliphatic heterocycles. The second kappa shape index (κ2) is 4.42. The van der Waals surface area contributed by atoms with Crippen LogP contribution >= 0.6 is 23.1 Å². The predicted octanol–water partition coefficient (Wildman–Crippen LogP) is 1.42. The third-order valence-corrected chi connectivity index (χ3v) is 2.60. The van der Waals surface area contributed by atoms with Crippen LogP contribution in [0.1, 0.15) is 10.4 Å². The average molecular weight is 256 g/mol. The highest BCUT2D eigenvalue weighted by Gasteiger charge is 2.12. The largest absolute Gasteiger partial charge is 0.384 e. The molecule has 0 aromatic carbocycles. The molecule has 2 aromatic heterocycles. The van der Waals surface area contributed by atoms with Crippen LogP contribution in [0.4, 0.5) is 10.8 Å². The van der Waals surface area contributed by atoms with Gasteiger partial charge in [0.25, 0.3) is 5.91 Å². The number of hydrogen-bond acceptors (Lipinski definition) is 6. The summed E-state index contributed by atoms with van der Waals surface area (Å²) >= 11 is 6.90. The number of rotatable bonds is 2. The van der Waals surface area contributed by atoms with E-state index in [0.29, 0.717) is 5.00 Å². The van der Waals surface area contributed by atoms with Crippen LogP contribution in [0.25, 0.3) is 0 Å². The number of anilines is 2.